The van der Waals surface area contributed by atoms with Gasteiger partial charge < -0.3 is 4.52 Å². The molecular formula is C18H13F2OP. The topological polar surface area (TPSA) is 9.23 Å². The van der Waals surface area contributed by atoms with E-state index in [2.05, 4.69) is 9.47 Å². The first-order chi connectivity index (χ1) is 10.7. The van der Waals surface area contributed by atoms with Crippen molar-refractivity contribution in [2.75, 3.05) is 0 Å². The Labute approximate surface area is 129 Å². The summed E-state index contributed by atoms with van der Waals surface area (Å²) in [6.07, 6.45) is 0. The fourth-order valence-corrected chi connectivity index (χ4v) is 2.52. The Kier molecular flexibility index (Phi) is 4.17. The van der Waals surface area contributed by atoms with Crippen molar-refractivity contribution in [3.05, 3.63) is 78.4 Å². The van der Waals surface area contributed by atoms with Gasteiger partial charge in [-0.2, -0.15) is 0 Å². The Morgan fingerprint density at radius 2 is 1.14 bits per heavy atom. The Bertz CT molecular complexity index is 783. The SMILES string of the molecule is Fc1ccc(-c2ccc(OP)c(-c3ccc(F)cc3)c2)cc1. The molecule has 1 nitrogen and oxygen atoms in total. The first-order valence-corrected chi connectivity index (χ1v) is 7.17. The van der Waals surface area contributed by atoms with E-state index in [9.17, 15) is 8.78 Å². The molecule has 1 atom stereocenters. The molecule has 22 heavy (non-hydrogen) atoms. The first kappa shape index (κ1) is 14.7. The van der Waals surface area contributed by atoms with Gasteiger partial charge in [0, 0.05) is 5.56 Å². The summed E-state index contributed by atoms with van der Waals surface area (Å²) in [5.74, 6) is 0.113. The molecule has 0 aliphatic heterocycles. The van der Waals surface area contributed by atoms with Crippen molar-refractivity contribution in [3.8, 4) is 28.0 Å². The average Bonchev–Trinajstić information content (AvgIpc) is 2.56. The lowest BCUT2D eigenvalue weighted by Gasteiger charge is -2.11. The van der Waals surface area contributed by atoms with Crippen molar-refractivity contribution in [1.29, 1.82) is 0 Å². The molecular weight excluding hydrogens is 301 g/mol. The molecule has 0 saturated heterocycles. The van der Waals surface area contributed by atoms with Crippen molar-refractivity contribution in [2.45, 2.75) is 0 Å². The minimum atomic E-state index is -0.285. The second kappa shape index (κ2) is 6.25. The summed E-state index contributed by atoms with van der Waals surface area (Å²) in [6, 6.07) is 18.2. The van der Waals surface area contributed by atoms with Crippen LogP contribution in [-0.2, 0) is 0 Å². The van der Waals surface area contributed by atoms with Crippen LogP contribution in [0.15, 0.2) is 66.7 Å². The molecule has 0 amide bonds. The molecule has 0 radical (unpaired) electrons. The maximum Gasteiger partial charge on any atom is 0.130 e. The lowest BCUT2D eigenvalue weighted by Crippen LogP contribution is -1.87. The highest BCUT2D eigenvalue weighted by molar-refractivity contribution is 7.10. The highest BCUT2D eigenvalue weighted by Gasteiger charge is 2.09. The third-order valence-electron chi connectivity index (χ3n) is 3.44. The minimum absolute atomic E-state index is 0.271. The van der Waals surface area contributed by atoms with Gasteiger partial charge in [-0.3, -0.25) is 0 Å². The second-order valence-electron chi connectivity index (χ2n) is 4.84. The molecule has 0 fully saturated rings. The molecule has 3 aromatic carbocycles. The lowest BCUT2D eigenvalue weighted by molar-refractivity contribution is 0.627. The highest BCUT2D eigenvalue weighted by atomic mass is 31.0. The Balaban J connectivity index is 2.10. The van der Waals surface area contributed by atoms with Crippen LogP contribution in [0.1, 0.15) is 0 Å². The number of rotatable bonds is 3. The third kappa shape index (κ3) is 3.00. The van der Waals surface area contributed by atoms with Gasteiger partial charge in [0.15, 0.2) is 0 Å². The van der Waals surface area contributed by atoms with E-state index in [1.165, 1.54) is 24.3 Å². The molecule has 0 saturated carbocycles. The third-order valence-corrected chi connectivity index (χ3v) is 3.69. The number of hydrogen-bond acceptors (Lipinski definition) is 1. The summed E-state index contributed by atoms with van der Waals surface area (Å²) >= 11 is 0. The van der Waals surface area contributed by atoms with Gasteiger partial charge >= 0.3 is 0 Å². The van der Waals surface area contributed by atoms with Crippen LogP contribution in [0.5, 0.6) is 5.75 Å². The quantitative estimate of drug-likeness (QED) is 0.583. The van der Waals surface area contributed by atoms with Crippen molar-refractivity contribution in [3.63, 3.8) is 0 Å². The summed E-state index contributed by atoms with van der Waals surface area (Å²) in [7, 11) is 2.21. The molecule has 1 unspecified atom stereocenters. The zero-order valence-electron chi connectivity index (χ0n) is 11.6. The van der Waals surface area contributed by atoms with E-state index < -0.39 is 0 Å². The average molecular weight is 314 g/mol. The Hall–Kier alpha value is -2.25. The van der Waals surface area contributed by atoms with Gasteiger partial charge in [0.05, 0.1) is 9.47 Å². The fraction of sp³-hybridized carbons (Fsp3) is 0. The van der Waals surface area contributed by atoms with Gasteiger partial charge in [-0.1, -0.05) is 30.3 Å². The molecule has 0 aromatic heterocycles. The molecule has 0 aliphatic rings. The minimum Gasteiger partial charge on any atom is -0.480 e. The van der Waals surface area contributed by atoms with E-state index in [1.807, 2.05) is 18.2 Å². The molecule has 3 aromatic rings. The van der Waals surface area contributed by atoms with Crippen LogP contribution >= 0.6 is 9.47 Å². The smallest absolute Gasteiger partial charge is 0.130 e. The molecule has 0 aliphatic carbocycles. The molecule has 4 heteroatoms. The maximum atomic E-state index is 13.1. The van der Waals surface area contributed by atoms with Crippen molar-refractivity contribution >= 4 is 9.47 Å². The van der Waals surface area contributed by atoms with E-state index >= 15 is 0 Å². The van der Waals surface area contributed by atoms with Crippen LogP contribution in [0, 0.1) is 11.6 Å². The second-order valence-corrected chi connectivity index (χ2v) is 5.08. The van der Waals surface area contributed by atoms with Crippen molar-refractivity contribution in [1.82, 2.24) is 0 Å². The first-order valence-electron chi connectivity index (χ1n) is 6.70. The van der Waals surface area contributed by atoms with E-state index in [0.717, 1.165) is 22.3 Å². The maximum absolute atomic E-state index is 13.1. The number of hydrogen-bond donors (Lipinski definition) is 0. The molecule has 3 rings (SSSR count). The summed E-state index contributed by atoms with van der Waals surface area (Å²) in [4.78, 5) is 0. The van der Waals surface area contributed by atoms with Crippen LogP contribution in [0.3, 0.4) is 0 Å². The van der Waals surface area contributed by atoms with Gasteiger partial charge in [-0.15, -0.1) is 0 Å². The highest BCUT2D eigenvalue weighted by Crippen LogP contribution is 2.35. The predicted octanol–water partition coefficient (Wildman–Crippen LogP) is 5.47. The van der Waals surface area contributed by atoms with Crippen LogP contribution in [0.25, 0.3) is 22.3 Å². The van der Waals surface area contributed by atoms with Crippen LogP contribution in [-0.4, -0.2) is 0 Å². The summed E-state index contributed by atoms with van der Waals surface area (Å²) in [5.41, 5.74) is 3.53. The van der Waals surface area contributed by atoms with Gasteiger partial charge in [0.25, 0.3) is 0 Å². The van der Waals surface area contributed by atoms with Crippen molar-refractivity contribution in [2.24, 2.45) is 0 Å². The van der Waals surface area contributed by atoms with Gasteiger partial charge in [-0.25, -0.2) is 8.78 Å². The van der Waals surface area contributed by atoms with E-state index in [0.29, 0.717) is 5.75 Å². The molecule has 0 heterocycles. The van der Waals surface area contributed by atoms with Crippen LogP contribution < -0.4 is 4.52 Å². The fourth-order valence-electron chi connectivity index (χ4n) is 2.31. The standard InChI is InChI=1S/C18H13F2OP/c19-15-6-1-12(2-7-15)14-5-10-18(21-22)17(11-14)13-3-8-16(20)9-4-13/h1-11H,22H2. The summed E-state index contributed by atoms with van der Waals surface area (Å²) < 4.78 is 31.4. The Morgan fingerprint density at radius 1 is 0.636 bits per heavy atom. The molecule has 110 valence electrons. The predicted molar refractivity (Wildman–Crippen MR) is 87.6 cm³/mol. The Morgan fingerprint density at radius 3 is 1.68 bits per heavy atom. The van der Waals surface area contributed by atoms with E-state index in [4.69, 9.17) is 4.52 Å². The largest absolute Gasteiger partial charge is 0.480 e. The van der Waals surface area contributed by atoms with E-state index in [1.54, 1.807) is 24.3 Å². The number of halogens is 2. The van der Waals surface area contributed by atoms with Crippen molar-refractivity contribution < 1.29 is 13.3 Å². The normalized spacial score (nSPS) is 10.5. The van der Waals surface area contributed by atoms with E-state index in [-0.39, 0.29) is 11.6 Å². The van der Waals surface area contributed by atoms with Gasteiger partial charge in [0.1, 0.15) is 17.4 Å². The zero-order chi connectivity index (χ0) is 15.5. The monoisotopic (exact) mass is 314 g/mol. The number of benzene rings is 3. The molecule has 0 spiro atoms. The van der Waals surface area contributed by atoms with Gasteiger partial charge in [0.2, 0.25) is 0 Å². The zero-order valence-corrected chi connectivity index (χ0v) is 12.7. The molecule has 0 N–H and O–H groups in total. The van der Waals surface area contributed by atoms with Gasteiger partial charge in [-0.05, 0) is 53.1 Å². The lowest BCUT2D eigenvalue weighted by atomic mass is 9.98. The van der Waals surface area contributed by atoms with Crippen LogP contribution in [0.2, 0.25) is 0 Å². The summed E-state index contributed by atoms with van der Waals surface area (Å²) in [6.45, 7) is 0. The molecule has 0 bridgehead atoms. The van der Waals surface area contributed by atoms with Crippen LogP contribution in [0.4, 0.5) is 8.78 Å². The summed E-state index contributed by atoms with van der Waals surface area (Å²) in [5, 5.41) is 0.